The van der Waals surface area contributed by atoms with Crippen molar-refractivity contribution in [3.8, 4) is 0 Å². The van der Waals surface area contributed by atoms with E-state index in [9.17, 15) is 4.79 Å². The molecule has 28 heavy (non-hydrogen) atoms. The fourth-order valence-corrected chi connectivity index (χ4v) is 6.81. The lowest BCUT2D eigenvalue weighted by Crippen LogP contribution is -2.48. The number of thioether (sulfide) groups is 1. The van der Waals surface area contributed by atoms with Crippen molar-refractivity contribution in [1.29, 1.82) is 0 Å². The van der Waals surface area contributed by atoms with Crippen LogP contribution in [0.4, 0.5) is 0 Å². The molecule has 6 heteroatoms. The SMILES string of the molecule is O=C(CSc1nnc(C23CC4CC(CC(C4)C2)C3)o1)c1cc2ccccc2o1. The lowest BCUT2D eigenvalue weighted by molar-refractivity contribution is -0.0191. The average Bonchev–Trinajstić information content (AvgIpc) is 3.32. The molecule has 0 spiro atoms. The van der Waals surface area contributed by atoms with Gasteiger partial charge in [-0.15, -0.1) is 10.2 Å². The molecule has 0 N–H and O–H groups in total. The number of nitrogens with zero attached hydrogens (tertiary/aromatic N) is 2. The number of fused-ring (bicyclic) bond motifs is 1. The van der Waals surface area contributed by atoms with Gasteiger partial charge in [-0.1, -0.05) is 30.0 Å². The van der Waals surface area contributed by atoms with Gasteiger partial charge in [0.1, 0.15) is 5.58 Å². The summed E-state index contributed by atoms with van der Waals surface area (Å²) in [6.45, 7) is 0. The molecule has 0 atom stereocenters. The van der Waals surface area contributed by atoms with Crippen molar-refractivity contribution in [3.05, 3.63) is 42.0 Å². The molecule has 0 radical (unpaired) electrons. The molecule has 2 aromatic heterocycles. The Kier molecular flexibility index (Phi) is 3.73. The van der Waals surface area contributed by atoms with Crippen molar-refractivity contribution in [1.82, 2.24) is 10.2 Å². The van der Waals surface area contributed by atoms with E-state index >= 15 is 0 Å². The van der Waals surface area contributed by atoms with Gasteiger partial charge >= 0.3 is 0 Å². The van der Waals surface area contributed by atoms with Gasteiger partial charge in [-0.2, -0.15) is 0 Å². The van der Waals surface area contributed by atoms with E-state index in [0.717, 1.165) is 34.6 Å². The van der Waals surface area contributed by atoms with E-state index in [-0.39, 0.29) is 17.0 Å². The molecule has 0 aliphatic heterocycles. The number of carbonyl (C=O) groups is 1. The lowest BCUT2D eigenvalue weighted by Gasteiger charge is -2.55. The van der Waals surface area contributed by atoms with Crippen LogP contribution in [-0.4, -0.2) is 21.7 Å². The molecule has 4 aliphatic rings. The number of rotatable bonds is 5. The summed E-state index contributed by atoms with van der Waals surface area (Å²) in [7, 11) is 0. The summed E-state index contributed by atoms with van der Waals surface area (Å²) >= 11 is 1.31. The topological polar surface area (TPSA) is 69.1 Å². The van der Waals surface area contributed by atoms with Gasteiger partial charge in [0, 0.05) is 10.8 Å². The molecule has 0 saturated heterocycles. The number of para-hydroxylation sites is 1. The van der Waals surface area contributed by atoms with Gasteiger partial charge in [0.15, 0.2) is 5.76 Å². The monoisotopic (exact) mass is 394 g/mol. The minimum absolute atomic E-state index is 0.0595. The molecule has 4 saturated carbocycles. The van der Waals surface area contributed by atoms with Gasteiger partial charge in [-0.3, -0.25) is 4.79 Å². The Morgan fingerprint density at radius 1 is 1.04 bits per heavy atom. The van der Waals surface area contributed by atoms with E-state index in [1.807, 2.05) is 24.3 Å². The number of furan rings is 1. The average molecular weight is 394 g/mol. The molecule has 0 unspecified atom stereocenters. The second-order valence-electron chi connectivity index (χ2n) is 8.93. The first-order valence-electron chi connectivity index (χ1n) is 10.2. The molecule has 1 aromatic carbocycles. The molecule has 7 rings (SSSR count). The van der Waals surface area contributed by atoms with Crippen molar-refractivity contribution in [2.45, 2.75) is 49.2 Å². The molecule has 2 heterocycles. The van der Waals surface area contributed by atoms with Crippen molar-refractivity contribution in [2.24, 2.45) is 17.8 Å². The number of Topliss-reactive ketones (excluding diaryl/α,β-unsaturated/α-hetero) is 1. The number of benzene rings is 1. The van der Waals surface area contributed by atoms with Gasteiger partial charge in [0.2, 0.25) is 11.7 Å². The van der Waals surface area contributed by atoms with Crippen LogP contribution in [0.2, 0.25) is 0 Å². The zero-order valence-electron chi connectivity index (χ0n) is 15.6. The summed E-state index contributed by atoms with van der Waals surface area (Å²) in [5.74, 6) is 3.88. The highest BCUT2D eigenvalue weighted by Gasteiger charge is 2.54. The standard InChI is InChI=1S/C22H22N2O3S/c25-17(19-8-16-3-1-2-4-18(16)26-19)12-28-21-24-23-20(27-21)22-9-13-5-14(10-22)7-15(6-13)11-22/h1-4,8,13-15H,5-7,9-12H2. The Morgan fingerprint density at radius 2 is 1.75 bits per heavy atom. The normalized spacial score (nSPS) is 30.9. The van der Waals surface area contributed by atoms with Crippen LogP contribution >= 0.6 is 11.8 Å². The number of aromatic nitrogens is 2. The summed E-state index contributed by atoms with van der Waals surface area (Å²) in [6.07, 6.45) is 7.76. The van der Waals surface area contributed by atoms with Crippen molar-refractivity contribution < 1.29 is 13.6 Å². The number of ketones is 1. The van der Waals surface area contributed by atoms with E-state index in [2.05, 4.69) is 10.2 Å². The van der Waals surface area contributed by atoms with E-state index in [1.165, 1.54) is 50.3 Å². The van der Waals surface area contributed by atoms with Crippen LogP contribution in [-0.2, 0) is 5.41 Å². The zero-order chi connectivity index (χ0) is 18.7. The fourth-order valence-electron chi connectivity index (χ4n) is 6.17. The molecule has 4 aliphatic carbocycles. The maximum atomic E-state index is 12.5. The highest BCUT2D eigenvalue weighted by molar-refractivity contribution is 7.99. The van der Waals surface area contributed by atoms with E-state index < -0.39 is 0 Å². The van der Waals surface area contributed by atoms with E-state index in [4.69, 9.17) is 8.83 Å². The van der Waals surface area contributed by atoms with Crippen LogP contribution in [0, 0.1) is 17.8 Å². The summed E-state index contributed by atoms with van der Waals surface area (Å²) in [5, 5.41) is 10.1. The van der Waals surface area contributed by atoms with Gasteiger partial charge < -0.3 is 8.83 Å². The van der Waals surface area contributed by atoms with Crippen molar-refractivity contribution in [3.63, 3.8) is 0 Å². The Bertz CT molecular complexity index is 985. The first-order valence-corrected chi connectivity index (χ1v) is 11.1. The maximum Gasteiger partial charge on any atom is 0.277 e. The van der Waals surface area contributed by atoms with Crippen LogP contribution in [0.15, 0.2) is 44.4 Å². The Morgan fingerprint density at radius 3 is 2.46 bits per heavy atom. The Hall–Kier alpha value is -2.08. The lowest BCUT2D eigenvalue weighted by atomic mass is 9.49. The molecule has 144 valence electrons. The maximum absolute atomic E-state index is 12.5. The van der Waals surface area contributed by atoms with Crippen LogP contribution in [0.3, 0.4) is 0 Å². The third kappa shape index (κ3) is 2.72. The molecule has 0 amide bonds. The van der Waals surface area contributed by atoms with Crippen LogP contribution in [0.1, 0.15) is 55.0 Å². The van der Waals surface area contributed by atoms with Crippen LogP contribution in [0.5, 0.6) is 0 Å². The quantitative estimate of drug-likeness (QED) is 0.434. The summed E-state index contributed by atoms with van der Waals surface area (Å²) in [5.41, 5.74) is 0.835. The summed E-state index contributed by atoms with van der Waals surface area (Å²) in [6, 6.07) is 9.45. The van der Waals surface area contributed by atoms with Crippen LogP contribution < -0.4 is 0 Å². The zero-order valence-corrected chi connectivity index (χ0v) is 16.4. The second kappa shape index (κ2) is 6.21. The molecule has 4 fully saturated rings. The van der Waals surface area contributed by atoms with Crippen molar-refractivity contribution in [2.75, 3.05) is 5.75 Å². The van der Waals surface area contributed by atoms with Gasteiger partial charge in [-0.05, 0) is 68.4 Å². The second-order valence-corrected chi connectivity index (χ2v) is 9.86. The number of hydrogen-bond acceptors (Lipinski definition) is 6. The molecule has 4 bridgehead atoms. The third-order valence-electron chi connectivity index (χ3n) is 6.93. The van der Waals surface area contributed by atoms with Gasteiger partial charge in [-0.25, -0.2) is 0 Å². The molecule has 5 nitrogen and oxygen atoms in total. The predicted molar refractivity (Wildman–Crippen MR) is 105 cm³/mol. The predicted octanol–water partition coefficient (Wildman–Crippen LogP) is 5.26. The van der Waals surface area contributed by atoms with E-state index in [0.29, 0.717) is 11.0 Å². The van der Waals surface area contributed by atoms with Crippen LogP contribution in [0.25, 0.3) is 11.0 Å². The summed E-state index contributed by atoms with van der Waals surface area (Å²) in [4.78, 5) is 12.5. The smallest absolute Gasteiger partial charge is 0.277 e. The first kappa shape index (κ1) is 16.8. The Balaban J connectivity index is 1.16. The first-order chi connectivity index (χ1) is 13.7. The number of hydrogen-bond donors (Lipinski definition) is 0. The molecular weight excluding hydrogens is 372 g/mol. The largest absolute Gasteiger partial charge is 0.453 e. The number of carbonyl (C=O) groups excluding carboxylic acids is 1. The highest BCUT2D eigenvalue weighted by atomic mass is 32.2. The van der Waals surface area contributed by atoms with Gasteiger partial charge in [0.05, 0.1) is 5.75 Å². The highest BCUT2D eigenvalue weighted by Crippen LogP contribution is 2.60. The van der Waals surface area contributed by atoms with Crippen molar-refractivity contribution >= 4 is 28.5 Å². The fraction of sp³-hybridized carbons (Fsp3) is 0.500. The minimum atomic E-state index is -0.0595. The molecule has 3 aromatic rings. The Labute approximate surface area is 167 Å². The molecular formula is C22H22N2O3S. The summed E-state index contributed by atoms with van der Waals surface area (Å²) < 4.78 is 11.7. The van der Waals surface area contributed by atoms with E-state index in [1.54, 1.807) is 6.07 Å². The van der Waals surface area contributed by atoms with Gasteiger partial charge in [0.25, 0.3) is 5.22 Å². The third-order valence-corrected chi connectivity index (χ3v) is 7.74. The minimum Gasteiger partial charge on any atom is -0.453 e.